The summed E-state index contributed by atoms with van der Waals surface area (Å²) in [5.74, 6) is 0.882. The van der Waals surface area contributed by atoms with Crippen molar-refractivity contribution in [2.75, 3.05) is 7.11 Å². The summed E-state index contributed by atoms with van der Waals surface area (Å²) in [6, 6.07) is 9.85. The van der Waals surface area contributed by atoms with Crippen LogP contribution in [0, 0.1) is 13.8 Å². The standard InChI is InChI=1S/C15H18N2O/c1-10-8-12(6-7-14(10)18-3)15(16)13-5-4-11(2)17-9-13/h4-9,15H,16H2,1-3H3. The lowest BCUT2D eigenvalue weighted by Gasteiger charge is -2.14. The van der Waals surface area contributed by atoms with Crippen LogP contribution in [0.5, 0.6) is 5.75 Å². The Morgan fingerprint density at radius 1 is 1.11 bits per heavy atom. The van der Waals surface area contributed by atoms with Crippen molar-refractivity contribution in [2.24, 2.45) is 5.73 Å². The second kappa shape index (κ2) is 5.19. The van der Waals surface area contributed by atoms with Crippen molar-refractivity contribution in [2.45, 2.75) is 19.9 Å². The van der Waals surface area contributed by atoms with E-state index in [1.165, 1.54) is 0 Å². The zero-order valence-corrected chi connectivity index (χ0v) is 11.0. The van der Waals surface area contributed by atoms with Gasteiger partial charge in [0.25, 0.3) is 0 Å². The second-order valence-corrected chi connectivity index (χ2v) is 4.44. The first-order valence-corrected chi connectivity index (χ1v) is 5.94. The second-order valence-electron chi connectivity index (χ2n) is 4.44. The largest absolute Gasteiger partial charge is 0.496 e. The van der Waals surface area contributed by atoms with E-state index in [9.17, 15) is 0 Å². The van der Waals surface area contributed by atoms with Crippen LogP contribution in [0.3, 0.4) is 0 Å². The van der Waals surface area contributed by atoms with Gasteiger partial charge >= 0.3 is 0 Å². The zero-order valence-electron chi connectivity index (χ0n) is 11.0. The van der Waals surface area contributed by atoms with Gasteiger partial charge in [0.2, 0.25) is 0 Å². The number of aryl methyl sites for hydroxylation is 2. The Balaban J connectivity index is 2.31. The van der Waals surface area contributed by atoms with Crippen LogP contribution in [0.2, 0.25) is 0 Å². The third-order valence-corrected chi connectivity index (χ3v) is 3.07. The number of hydrogen-bond donors (Lipinski definition) is 1. The van der Waals surface area contributed by atoms with E-state index >= 15 is 0 Å². The smallest absolute Gasteiger partial charge is 0.121 e. The van der Waals surface area contributed by atoms with E-state index in [-0.39, 0.29) is 6.04 Å². The number of aromatic nitrogens is 1. The Kier molecular flexibility index (Phi) is 3.63. The van der Waals surface area contributed by atoms with Crippen LogP contribution in [0.1, 0.15) is 28.4 Å². The maximum atomic E-state index is 6.25. The minimum atomic E-state index is -0.150. The SMILES string of the molecule is COc1ccc(C(N)c2ccc(C)nc2)cc1C. The van der Waals surface area contributed by atoms with Gasteiger partial charge in [0.15, 0.2) is 0 Å². The molecule has 1 aromatic heterocycles. The fourth-order valence-corrected chi connectivity index (χ4v) is 1.95. The van der Waals surface area contributed by atoms with E-state index in [2.05, 4.69) is 11.1 Å². The third-order valence-electron chi connectivity index (χ3n) is 3.07. The summed E-state index contributed by atoms with van der Waals surface area (Å²) >= 11 is 0. The summed E-state index contributed by atoms with van der Waals surface area (Å²) in [5, 5.41) is 0. The van der Waals surface area contributed by atoms with Crippen molar-refractivity contribution in [3.8, 4) is 5.75 Å². The molecule has 0 radical (unpaired) electrons. The molecule has 0 fully saturated rings. The maximum Gasteiger partial charge on any atom is 0.121 e. The summed E-state index contributed by atoms with van der Waals surface area (Å²) in [7, 11) is 1.67. The number of rotatable bonds is 3. The van der Waals surface area contributed by atoms with Gasteiger partial charge < -0.3 is 10.5 Å². The molecule has 0 aliphatic heterocycles. The number of benzene rings is 1. The molecule has 0 saturated heterocycles. The monoisotopic (exact) mass is 242 g/mol. The molecule has 2 N–H and O–H groups in total. The van der Waals surface area contributed by atoms with Gasteiger partial charge in [-0.25, -0.2) is 0 Å². The minimum absolute atomic E-state index is 0.150. The van der Waals surface area contributed by atoms with Gasteiger partial charge in [-0.2, -0.15) is 0 Å². The van der Waals surface area contributed by atoms with Crippen LogP contribution in [0.25, 0.3) is 0 Å². The molecule has 2 aromatic rings. The highest BCUT2D eigenvalue weighted by Crippen LogP contribution is 2.24. The van der Waals surface area contributed by atoms with Gasteiger partial charge in [-0.1, -0.05) is 18.2 Å². The topological polar surface area (TPSA) is 48.1 Å². The Morgan fingerprint density at radius 2 is 1.83 bits per heavy atom. The lowest BCUT2D eigenvalue weighted by molar-refractivity contribution is 0.411. The van der Waals surface area contributed by atoms with Crippen LogP contribution in [0.4, 0.5) is 0 Å². The van der Waals surface area contributed by atoms with Crippen molar-refractivity contribution in [1.29, 1.82) is 0 Å². The summed E-state index contributed by atoms with van der Waals surface area (Å²) in [4.78, 5) is 4.28. The lowest BCUT2D eigenvalue weighted by atomic mass is 9.99. The molecular weight excluding hydrogens is 224 g/mol. The highest BCUT2D eigenvalue weighted by Gasteiger charge is 2.10. The molecular formula is C15H18N2O. The molecule has 3 nitrogen and oxygen atoms in total. The first-order valence-electron chi connectivity index (χ1n) is 5.94. The van der Waals surface area contributed by atoms with Gasteiger partial charge in [-0.15, -0.1) is 0 Å². The first kappa shape index (κ1) is 12.6. The van der Waals surface area contributed by atoms with Crippen molar-refractivity contribution in [3.05, 3.63) is 58.9 Å². The molecule has 0 aliphatic carbocycles. The zero-order chi connectivity index (χ0) is 13.1. The fraction of sp³-hybridized carbons (Fsp3) is 0.267. The number of nitrogens with two attached hydrogens (primary N) is 1. The average Bonchev–Trinajstić information content (AvgIpc) is 2.38. The van der Waals surface area contributed by atoms with Crippen LogP contribution >= 0.6 is 0 Å². The van der Waals surface area contributed by atoms with E-state index in [1.807, 2.05) is 44.3 Å². The molecule has 2 rings (SSSR count). The highest BCUT2D eigenvalue weighted by atomic mass is 16.5. The number of hydrogen-bond acceptors (Lipinski definition) is 3. The molecule has 1 atom stereocenters. The normalized spacial score (nSPS) is 12.2. The molecule has 1 heterocycles. The molecule has 3 heteroatoms. The summed E-state index contributed by atoms with van der Waals surface area (Å²) < 4.78 is 5.25. The first-order chi connectivity index (χ1) is 8.61. The molecule has 1 aromatic carbocycles. The molecule has 0 aliphatic rings. The fourth-order valence-electron chi connectivity index (χ4n) is 1.95. The molecule has 1 unspecified atom stereocenters. The van der Waals surface area contributed by atoms with Gasteiger partial charge in [0.05, 0.1) is 13.2 Å². The maximum absolute atomic E-state index is 6.25. The van der Waals surface area contributed by atoms with E-state index in [4.69, 9.17) is 10.5 Å². The van der Waals surface area contributed by atoms with Crippen LogP contribution < -0.4 is 10.5 Å². The Labute approximate surface area is 108 Å². The van der Waals surface area contributed by atoms with E-state index < -0.39 is 0 Å². The number of methoxy groups -OCH3 is 1. The highest BCUT2D eigenvalue weighted by molar-refractivity contribution is 5.40. The number of ether oxygens (including phenoxy) is 1. The van der Waals surface area contributed by atoms with Gasteiger partial charge in [0.1, 0.15) is 5.75 Å². The van der Waals surface area contributed by atoms with Gasteiger partial charge in [-0.3, -0.25) is 4.98 Å². The van der Waals surface area contributed by atoms with E-state index in [0.29, 0.717) is 0 Å². The van der Waals surface area contributed by atoms with Crippen LogP contribution in [0.15, 0.2) is 36.5 Å². The summed E-state index contributed by atoms with van der Waals surface area (Å²) in [6.45, 7) is 3.98. The Morgan fingerprint density at radius 3 is 2.39 bits per heavy atom. The van der Waals surface area contributed by atoms with Crippen LogP contribution in [-0.2, 0) is 0 Å². The molecule has 0 bridgehead atoms. The van der Waals surface area contributed by atoms with Crippen molar-refractivity contribution < 1.29 is 4.74 Å². The van der Waals surface area contributed by atoms with Crippen molar-refractivity contribution >= 4 is 0 Å². The third kappa shape index (κ3) is 2.51. The lowest BCUT2D eigenvalue weighted by Crippen LogP contribution is -2.12. The molecule has 0 amide bonds. The quantitative estimate of drug-likeness (QED) is 0.900. The molecule has 18 heavy (non-hydrogen) atoms. The number of pyridine rings is 1. The van der Waals surface area contributed by atoms with Crippen molar-refractivity contribution in [3.63, 3.8) is 0 Å². The van der Waals surface area contributed by atoms with Crippen LogP contribution in [-0.4, -0.2) is 12.1 Å². The number of nitrogens with zero attached hydrogens (tertiary/aromatic N) is 1. The van der Waals surface area contributed by atoms with Crippen molar-refractivity contribution in [1.82, 2.24) is 4.98 Å². The molecule has 0 spiro atoms. The van der Waals surface area contributed by atoms with Gasteiger partial charge in [-0.05, 0) is 42.7 Å². The predicted octanol–water partition coefficient (Wildman–Crippen LogP) is 2.76. The van der Waals surface area contributed by atoms with E-state index in [0.717, 1.165) is 28.1 Å². The average molecular weight is 242 g/mol. The van der Waals surface area contributed by atoms with E-state index in [1.54, 1.807) is 7.11 Å². The molecule has 94 valence electrons. The Hall–Kier alpha value is -1.87. The predicted molar refractivity (Wildman–Crippen MR) is 72.7 cm³/mol. The van der Waals surface area contributed by atoms with Gasteiger partial charge in [0, 0.05) is 11.9 Å². The molecule has 0 saturated carbocycles. The Bertz CT molecular complexity index is 535. The summed E-state index contributed by atoms with van der Waals surface area (Å²) in [6.07, 6.45) is 1.83. The summed E-state index contributed by atoms with van der Waals surface area (Å²) in [5.41, 5.74) is 10.4. The minimum Gasteiger partial charge on any atom is -0.496 e.